The third kappa shape index (κ3) is 4.87. The lowest BCUT2D eigenvalue weighted by Gasteiger charge is -2.22. The first kappa shape index (κ1) is 32.2. The summed E-state index contributed by atoms with van der Waals surface area (Å²) in [6.07, 6.45) is 0. The van der Waals surface area contributed by atoms with Gasteiger partial charge in [-0.3, -0.25) is 0 Å². The standard InChI is InChI=1S/C57H38/c1-57(2)53-14-8-7-12-49(53)50-28-27-42(34-54(50)57)41-24-17-35-15-22-39(29-45(35)31-41)40-23-16-36-18-25-43(32-46(36)30-40)52-33-44-26-21-38-20-19-37-9-3-4-10-47(37)55(38)56(44)51-13-6-5-11-48(51)52/h3-34H,1-2H3. The Bertz CT molecular complexity index is 3490. The summed E-state index contributed by atoms with van der Waals surface area (Å²) in [4.78, 5) is 0. The van der Waals surface area contributed by atoms with Crippen molar-refractivity contribution in [2.24, 2.45) is 0 Å². The van der Waals surface area contributed by atoms with E-state index >= 15 is 0 Å². The molecule has 0 atom stereocenters. The molecule has 0 fully saturated rings. The molecule has 266 valence electrons. The zero-order valence-electron chi connectivity index (χ0n) is 32.0. The van der Waals surface area contributed by atoms with Crippen molar-refractivity contribution in [1.29, 1.82) is 0 Å². The van der Waals surface area contributed by atoms with E-state index in [1.165, 1.54) is 120 Å². The van der Waals surface area contributed by atoms with Crippen molar-refractivity contribution in [3.05, 3.63) is 205 Å². The number of hydrogen-bond donors (Lipinski definition) is 0. The lowest BCUT2D eigenvalue weighted by atomic mass is 9.81. The minimum atomic E-state index is -0.0203. The van der Waals surface area contributed by atoms with Crippen LogP contribution in [-0.2, 0) is 5.41 Å². The van der Waals surface area contributed by atoms with Crippen LogP contribution in [0.5, 0.6) is 0 Å². The second-order valence-electron chi connectivity index (χ2n) is 16.5. The Hall–Kier alpha value is -7.02. The molecule has 0 spiro atoms. The monoisotopic (exact) mass is 722 g/mol. The summed E-state index contributed by atoms with van der Waals surface area (Å²) in [7, 11) is 0. The molecule has 0 unspecified atom stereocenters. The second-order valence-corrected chi connectivity index (χ2v) is 16.5. The molecule has 0 bridgehead atoms. The maximum Gasteiger partial charge on any atom is 0.0159 e. The van der Waals surface area contributed by atoms with E-state index in [9.17, 15) is 0 Å². The number of benzene rings is 11. The Labute approximate surface area is 332 Å². The van der Waals surface area contributed by atoms with Gasteiger partial charge in [-0.2, -0.15) is 0 Å². The molecule has 11 aromatic carbocycles. The van der Waals surface area contributed by atoms with E-state index in [4.69, 9.17) is 0 Å². The SMILES string of the molecule is CC1(C)c2ccccc2-c2ccc(-c3ccc4ccc(-c5ccc6ccc(-c7cc8ccc9ccc%10ccccc%10c9c8c8ccccc78)cc6c5)cc4c3)cc21. The van der Waals surface area contributed by atoms with Gasteiger partial charge in [-0.25, -0.2) is 0 Å². The first-order valence-corrected chi connectivity index (χ1v) is 20.1. The summed E-state index contributed by atoms with van der Waals surface area (Å²) in [5.41, 5.74) is 13.0. The van der Waals surface area contributed by atoms with Crippen LogP contribution in [0.15, 0.2) is 194 Å². The van der Waals surface area contributed by atoms with Crippen molar-refractivity contribution in [2.75, 3.05) is 0 Å². The summed E-state index contributed by atoms with van der Waals surface area (Å²) < 4.78 is 0. The molecule has 0 N–H and O–H groups in total. The summed E-state index contributed by atoms with van der Waals surface area (Å²) in [6.45, 7) is 4.71. The quantitative estimate of drug-likeness (QED) is 0.159. The molecule has 0 heterocycles. The highest BCUT2D eigenvalue weighted by molar-refractivity contribution is 6.29. The average molecular weight is 723 g/mol. The zero-order valence-corrected chi connectivity index (χ0v) is 32.0. The minimum Gasteiger partial charge on any atom is -0.0619 e. The van der Waals surface area contributed by atoms with E-state index in [-0.39, 0.29) is 5.41 Å². The fraction of sp³-hybridized carbons (Fsp3) is 0.0526. The Morgan fingerprint density at radius 2 is 0.737 bits per heavy atom. The molecule has 0 aromatic heterocycles. The molecule has 1 aliphatic rings. The van der Waals surface area contributed by atoms with Gasteiger partial charge in [0.1, 0.15) is 0 Å². The molecular formula is C57H38. The third-order valence-electron chi connectivity index (χ3n) is 13.0. The lowest BCUT2D eigenvalue weighted by Crippen LogP contribution is -2.14. The topological polar surface area (TPSA) is 0 Å². The van der Waals surface area contributed by atoms with Gasteiger partial charge < -0.3 is 0 Å². The van der Waals surface area contributed by atoms with E-state index < -0.39 is 0 Å². The molecular weight excluding hydrogens is 685 g/mol. The molecule has 57 heavy (non-hydrogen) atoms. The molecule has 0 heteroatoms. The van der Waals surface area contributed by atoms with Crippen molar-refractivity contribution >= 4 is 64.6 Å². The lowest BCUT2D eigenvalue weighted by molar-refractivity contribution is 0.660. The van der Waals surface area contributed by atoms with E-state index in [2.05, 4.69) is 208 Å². The highest BCUT2D eigenvalue weighted by Gasteiger charge is 2.35. The molecule has 0 saturated heterocycles. The summed E-state index contributed by atoms with van der Waals surface area (Å²) >= 11 is 0. The predicted molar refractivity (Wildman–Crippen MR) is 245 cm³/mol. The Morgan fingerprint density at radius 1 is 0.263 bits per heavy atom. The Kier molecular flexibility index (Phi) is 6.78. The minimum absolute atomic E-state index is 0.0203. The van der Waals surface area contributed by atoms with Gasteiger partial charge in [-0.15, -0.1) is 0 Å². The normalized spacial score (nSPS) is 13.2. The van der Waals surface area contributed by atoms with Crippen LogP contribution in [0.1, 0.15) is 25.0 Å². The molecule has 11 aromatic rings. The van der Waals surface area contributed by atoms with Gasteiger partial charge in [-0.05, 0) is 157 Å². The molecule has 0 nitrogen and oxygen atoms in total. The van der Waals surface area contributed by atoms with E-state index in [1.807, 2.05) is 0 Å². The largest absolute Gasteiger partial charge is 0.0619 e. The zero-order chi connectivity index (χ0) is 37.8. The first-order valence-electron chi connectivity index (χ1n) is 20.1. The molecule has 0 saturated carbocycles. The van der Waals surface area contributed by atoms with Crippen LogP contribution in [-0.4, -0.2) is 0 Å². The first-order chi connectivity index (χ1) is 28.0. The van der Waals surface area contributed by atoms with Gasteiger partial charge in [0, 0.05) is 5.41 Å². The van der Waals surface area contributed by atoms with E-state index in [0.717, 1.165) is 0 Å². The number of hydrogen-bond acceptors (Lipinski definition) is 0. The fourth-order valence-electron chi connectivity index (χ4n) is 10.0. The number of rotatable bonds is 3. The molecule has 0 radical (unpaired) electrons. The smallest absolute Gasteiger partial charge is 0.0159 e. The summed E-state index contributed by atoms with van der Waals surface area (Å²) in [6, 6.07) is 72.8. The van der Waals surface area contributed by atoms with Crippen LogP contribution in [0.2, 0.25) is 0 Å². The van der Waals surface area contributed by atoms with Crippen molar-refractivity contribution in [1.82, 2.24) is 0 Å². The van der Waals surface area contributed by atoms with Crippen LogP contribution < -0.4 is 0 Å². The van der Waals surface area contributed by atoms with Gasteiger partial charge in [-0.1, -0.05) is 172 Å². The summed E-state index contributed by atoms with van der Waals surface area (Å²) in [5, 5.41) is 15.4. The van der Waals surface area contributed by atoms with E-state index in [1.54, 1.807) is 0 Å². The third-order valence-corrected chi connectivity index (χ3v) is 13.0. The van der Waals surface area contributed by atoms with Crippen LogP contribution in [0.4, 0.5) is 0 Å². The van der Waals surface area contributed by atoms with Gasteiger partial charge >= 0.3 is 0 Å². The van der Waals surface area contributed by atoms with E-state index in [0.29, 0.717) is 0 Å². The molecule has 12 rings (SSSR count). The van der Waals surface area contributed by atoms with Gasteiger partial charge in [0.25, 0.3) is 0 Å². The van der Waals surface area contributed by atoms with Gasteiger partial charge in [0.05, 0.1) is 0 Å². The maximum absolute atomic E-state index is 2.42. The Morgan fingerprint density at radius 3 is 1.46 bits per heavy atom. The highest BCUT2D eigenvalue weighted by Crippen LogP contribution is 2.50. The van der Waals surface area contributed by atoms with Crippen LogP contribution in [0.25, 0.3) is 109 Å². The van der Waals surface area contributed by atoms with Gasteiger partial charge in [0.15, 0.2) is 0 Å². The second kappa shape index (κ2) is 12.0. The molecule has 1 aliphatic carbocycles. The van der Waals surface area contributed by atoms with Crippen LogP contribution in [0.3, 0.4) is 0 Å². The highest BCUT2D eigenvalue weighted by atomic mass is 14.4. The number of fused-ring (bicyclic) bond motifs is 12. The fourth-order valence-corrected chi connectivity index (χ4v) is 10.0. The molecule has 0 amide bonds. The van der Waals surface area contributed by atoms with Crippen LogP contribution in [0, 0.1) is 0 Å². The van der Waals surface area contributed by atoms with Gasteiger partial charge in [0.2, 0.25) is 0 Å². The Balaban J connectivity index is 0.950. The average Bonchev–Trinajstić information content (AvgIpc) is 3.50. The van der Waals surface area contributed by atoms with Crippen molar-refractivity contribution in [3.63, 3.8) is 0 Å². The van der Waals surface area contributed by atoms with Crippen molar-refractivity contribution in [2.45, 2.75) is 19.3 Å². The summed E-state index contributed by atoms with van der Waals surface area (Å²) in [5.74, 6) is 0. The van der Waals surface area contributed by atoms with Crippen molar-refractivity contribution < 1.29 is 0 Å². The van der Waals surface area contributed by atoms with Crippen LogP contribution >= 0.6 is 0 Å². The predicted octanol–water partition coefficient (Wildman–Crippen LogP) is 15.9. The van der Waals surface area contributed by atoms with Crippen molar-refractivity contribution in [3.8, 4) is 44.5 Å². The maximum atomic E-state index is 2.42. The molecule has 0 aliphatic heterocycles.